The van der Waals surface area contributed by atoms with Gasteiger partial charge in [0.2, 0.25) is 6.29 Å². The van der Waals surface area contributed by atoms with Crippen LogP contribution in [-0.2, 0) is 14.3 Å². The van der Waals surface area contributed by atoms with E-state index < -0.39 is 12.4 Å². The fourth-order valence-corrected chi connectivity index (χ4v) is 6.45. The van der Waals surface area contributed by atoms with Crippen LogP contribution in [0.5, 0.6) is 0 Å². The van der Waals surface area contributed by atoms with Crippen LogP contribution < -0.4 is 20.1 Å². The molecule has 0 saturated carbocycles. The number of nitrogens with zero attached hydrogens (tertiary/aromatic N) is 3. The molecule has 1 N–H and O–H groups in total. The molecule has 8 nitrogen and oxygen atoms in total. The van der Waals surface area contributed by atoms with Gasteiger partial charge in [0.1, 0.15) is 10.5 Å². The van der Waals surface area contributed by atoms with Gasteiger partial charge in [-0.3, -0.25) is 4.79 Å². The van der Waals surface area contributed by atoms with E-state index >= 15 is 0 Å². The normalized spacial score (nSPS) is 15.6. The van der Waals surface area contributed by atoms with Crippen LogP contribution in [0.25, 0.3) is 5.82 Å². The molecule has 1 atom stereocenters. The molecule has 9 heteroatoms. The summed E-state index contributed by atoms with van der Waals surface area (Å²) >= 11 is 1.61. The summed E-state index contributed by atoms with van der Waals surface area (Å²) < 4.78 is 12.2. The summed E-state index contributed by atoms with van der Waals surface area (Å²) in [4.78, 5) is 36.3. The van der Waals surface area contributed by atoms with Gasteiger partial charge in [0.05, 0.1) is 16.6 Å². The van der Waals surface area contributed by atoms with Crippen molar-refractivity contribution in [3.05, 3.63) is 81.6 Å². The van der Waals surface area contributed by atoms with Crippen LogP contribution in [0.15, 0.2) is 71.8 Å². The van der Waals surface area contributed by atoms with Crippen LogP contribution >= 0.6 is 11.3 Å². The van der Waals surface area contributed by atoms with Gasteiger partial charge < -0.3 is 19.7 Å². The SMILES string of the molecule is CC/C=C/C/C=C/C/C=C/CCCCCCCC(=O)OC(C)OC(=O)N1C(N2CCNCC2)=c2cc(C)sc2=Nc2ccccc21. The molecule has 0 radical (unpaired) electrons. The van der Waals surface area contributed by atoms with E-state index in [2.05, 4.69) is 59.7 Å². The molecule has 2 aliphatic heterocycles. The summed E-state index contributed by atoms with van der Waals surface area (Å²) in [5, 5.41) is 4.29. The molecule has 0 aliphatic carbocycles. The first-order valence-corrected chi connectivity index (χ1v) is 17.7. The summed E-state index contributed by atoms with van der Waals surface area (Å²) in [6.45, 7) is 8.90. The van der Waals surface area contributed by atoms with Crippen molar-refractivity contribution in [2.24, 2.45) is 4.99 Å². The van der Waals surface area contributed by atoms with Gasteiger partial charge in [0.15, 0.2) is 0 Å². The summed E-state index contributed by atoms with van der Waals surface area (Å²) in [7, 11) is 0. The molecule has 248 valence electrons. The van der Waals surface area contributed by atoms with Crippen LogP contribution in [0, 0.1) is 6.92 Å². The molecule has 1 aromatic heterocycles. The quantitative estimate of drug-likeness (QED) is 0.0885. The Morgan fingerprint density at radius 3 is 2.43 bits per heavy atom. The smallest absolute Gasteiger partial charge is 0.423 e. The zero-order chi connectivity index (χ0) is 32.6. The number of para-hydroxylation sites is 2. The van der Waals surface area contributed by atoms with Gasteiger partial charge in [-0.05, 0) is 63.6 Å². The van der Waals surface area contributed by atoms with Crippen LogP contribution in [0.4, 0.5) is 16.2 Å². The summed E-state index contributed by atoms with van der Waals surface area (Å²) in [5.41, 5.74) is 1.33. The Morgan fingerprint density at radius 2 is 1.65 bits per heavy atom. The molecular formula is C37H50N4O4S. The third-order valence-electron chi connectivity index (χ3n) is 7.83. The lowest BCUT2D eigenvalue weighted by molar-refractivity contribution is -0.164. The van der Waals surface area contributed by atoms with Gasteiger partial charge in [-0.2, -0.15) is 0 Å². The van der Waals surface area contributed by atoms with Crippen molar-refractivity contribution >= 4 is 40.6 Å². The molecule has 2 aliphatic rings. The van der Waals surface area contributed by atoms with Crippen molar-refractivity contribution in [3.8, 4) is 0 Å². The number of carbonyl (C=O) groups is 2. The topological polar surface area (TPSA) is 83.5 Å². The maximum absolute atomic E-state index is 13.9. The molecule has 46 heavy (non-hydrogen) atoms. The highest BCUT2D eigenvalue weighted by atomic mass is 32.1. The molecule has 3 heterocycles. The first-order chi connectivity index (χ1) is 22.5. The number of carbonyl (C=O) groups excluding carboxylic acids is 2. The van der Waals surface area contributed by atoms with Crippen molar-refractivity contribution in [2.75, 3.05) is 31.1 Å². The highest BCUT2D eigenvalue weighted by molar-refractivity contribution is 7.09. The monoisotopic (exact) mass is 646 g/mol. The van der Waals surface area contributed by atoms with Gasteiger partial charge in [0, 0.05) is 44.4 Å². The first kappa shape index (κ1) is 35.2. The van der Waals surface area contributed by atoms with Crippen LogP contribution in [0.1, 0.15) is 82.9 Å². The Balaban J connectivity index is 1.24. The Hall–Kier alpha value is -3.69. The van der Waals surface area contributed by atoms with E-state index in [0.29, 0.717) is 17.8 Å². The first-order valence-electron chi connectivity index (χ1n) is 16.9. The van der Waals surface area contributed by atoms with Gasteiger partial charge in [-0.1, -0.05) is 74.8 Å². The predicted octanol–water partition coefficient (Wildman–Crippen LogP) is 7.41. The number of hydrogen-bond donors (Lipinski definition) is 1. The lowest BCUT2D eigenvalue weighted by Crippen LogP contribution is -2.51. The van der Waals surface area contributed by atoms with Crippen molar-refractivity contribution in [2.45, 2.75) is 91.3 Å². The number of esters is 1. The van der Waals surface area contributed by atoms with Crippen LogP contribution in [-0.4, -0.2) is 49.4 Å². The number of piperazine rings is 1. The number of ether oxygens (including phenoxy) is 2. The lowest BCUT2D eigenvalue weighted by atomic mass is 10.1. The van der Waals surface area contributed by atoms with Gasteiger partial charge in [-0.15, -0.1) is 11.3 Å². The number of nitrogens with one attached hydrogen (secondary N) is 1. The standard InChI is InChI=1S/C37H50N4O4S/c1-4-5-6-7-8-9-10-11-12-13-14-15-16-17-18-23-34(42)44-30(3)45-37(43)41-33-22-20-19-21-32(33)39-35-31(28-29(2)46-35)36(41)40-26-24-38-25-27-40/h5-6,8-9,11-12,19-22,28,30,38H,4,7,10,13-18,23-27H2,1-3H3/b6-5+,9-8+,12-11+. The minimum Gasteiger partial charge on any atom is -0.425 e. The third kappa shape index (κ3) is 10.7. The summed E-state index contributed by atoms with van der Waals surface area (Å²) in [5.74, 6) is 0.399. The average molecular weight is 647 g/mol. The average Bonchev–Trinajstić information content (AvgIpc) is 3.34. The van der Waals surface area contributed by atoms with Crippen molar-refractivity contribution in [1.29, 1.82) is 0 Å². The Morgan fingerprint density at radius 1 is 0.957 bits per heavy atom. The molecule has 1 saturated heterocycles. The molecule has 1 unspecified atom stereocenters. The number of thiophene rings is 1. The van der Waals surface area contributed by atoms with E-state index in [9.17, 15) is 9.59 Å². The van der Waals surface area contributed by atoms with Crippen LogP contribution in [0.2, 0.25) is 0 Å². The molecule has 4 rings (SSSR count). The van der Waals surface area contributed by atoms with Gasteiger partial charge >= 0.3 is 12.1 Å². The Labute approximate surface area is 278 Å². The van der Waals surface area contributed by atoms with E-state index in [-0.39, 0.29) is 5.97 Å². The second kappa shape index (κ2) is 19.1. The summed E-state index contributed by atoms with van der Waals surface area (Å²) in [6, 6.07) is 9.67. The van der Waals surface area contributed by atoms with Crippen molar-refractivity contribution in [3.63, 3.8) is 0 Å². The van der Waals surface area contributed by atoms with E-state index in [0.717, 1.165) is 105 Å². The van der Waals surface area contributed by atoms with Crippen molar-refractivity contribution in [1.82, 2.24) is 10.2 Å². The molecule has 0 bridgehead atoms. The Bertz CT molecular complexity index is 1490. The minimum atomic E-state index is -1.02. The fourth-order valence-electron chi connectivity index (χ4n) is 5.56. The fraction of sp³-hybridized carbons (Fsp3) is 0.486. The second-order valence-electron chi connectivity index (χ2n) is 11.6. The van der Waals surface area contributed by atoms with Crippen molar-refractivity contribution < 1.29 is 19.1 Å². The third-order valence-corrected chi connectivity index (χ3v) is 8.77. The number of rotatable bonds is 16. The van der Waals surface area contributed by atoms with E-state index in [1.165, 1.54) is 0 Å². The highest BCUT2D eigenvalue weighted by Crippen LogP contribution is 2.34. The minimum absolute atomic E-state index is 0.308. The number of allylic oxidation sites excluding steroid dienone is 6. The largest absolute Gasteiger partial charge is 0.425 e. The molecule has 2 aromatic rings. The number of anilines is 1. The maximum atomic E-state index is 13.9. The van der Waals surface area contributed by atoms with Gasteiger partial charge in [-0.25, -0.2) is 14.7 Å². The van der Waals surface area contributed by atoms with Crippen LogP contribution in [0.3, 0.4) is 0 Å². The highest BCUT2D eigenvalue weighted by Gasteiger charge is 2.32. The summed E-state index contributed by atoms with van der Waals surface area (Å²) in [6.07, 6.45) is 21.3. The predicted molar refractivity (Wildman–Crippen MR) is 188 cm³/mol. The number of benzene rings is 1. The number of fused-ring (bicyclic) bond motifs is 2. The molecular weight excluding hydrogens is 596 g/mol. The molecule has 1 amide bonds. The Kier molecular flexibility index (Phi) is 14.6. The lowest BCUT2D eigenvalue weighted by Gasteiger charge is -2.36. The molecule has 1 fully saturated rings. The van der Waals surface area contributed by atoms with E-state index in [4.69, 9.17) is 14.5 Å². The zero-order valence-corrected chi connectivity index (χ0v) is 28.5. The second-order valence-corrected chi connectivity index (χ2v) is 12.8. The van der Waals surface area contributed by atoms with Gasteiger partial charge in [0.25, 0.3) is 0 Å². The van der Waals surface area contributed by atoms with E-state index in [1.807, 2.05) is 31.2 Å². The maximum Gasteiger partial charge on any atom is 0.423 e. The number of amides is 1. The number of unbranched alkanes of at least 4 members (excludes halogenated alkanes) is 5. The number of hydrogen-bond acceptors (Lipinski definition) is 8. The molecule has 0 spiro atoms. The number of aryl methyl sites for hydroxylation is 1. The van der Waals surface area contributed by atoms with E-state index in [1.54, 1.807) is 23.2 Å². The zero-order valence-electron chi connectivity index (χ0n) is 27.7. The molecule has 1 aromatic carbocycles.